The Morgan fingerprint density at radius 3 is 2.39 bits per heavy atom. The van der Waals surface area contributed by atoms with Gasteiger partial charge in [-0.3, -0.25) is 9.36 Å². The van der Waals surface area contributed by atoms with Crippen molar-refractivity contribution in [2.75, 3.05) is 0 Å². The van der Waals surface area contributed by atoms with Crippen LogP contribution in [0.15, 0.2) is 39.3 Å². The predicted molar refractivity (Wildman–Crippen MR) is 80.4 cm³/mol. The molecule has 0 radical (unpaired) electrons. The normalized spacial score (nSPS) is 10.7. The second-order valence-corrected chi connectivity index (χ2v) is 4.70. The summed E-state index contributed by atoms with van der Waals surface area (Å²) in [5.74, 6) is -1.49. The molecule has 2 aromatic rings. The number of carbonyl (C=O) groups is 1. The quantitative estimate of drug-likeness (QED) is 0.841. The van der Waals surface area contributed by atoms with Crippen LogP contribution in [0.25, 0.3) is 0 Å². The molecule has 23 heavy (non-hydrogen) atoms. The van der Waals surface area contributed by atoms with Gasteiger partial charge >= 0.3 is 5.97 Å². The maximum absolute atomic E-state index is 12.1. The lowest BCUT2D eigenvalue weighted by Gasteiger charge is -2.08. The van der Waals surface area contributed by atoms with Gasteiger partial charge in [-0.1, -0.05) is 0 Å². The SMILES string of the molecule is Cc1c(C#N)c(O)n(C)c(=O)c1N=Nc1ccc(C(=O)O)cc1. The molecule has 1 heterocycles. The number of aromatic hydroxyl groups is 1. The van der Waals surface area contributed by atoms with Gasteiger partial charge in [-0.25, -0.2) is 4.79 Å². The first-order valence-electron chi connectivity index (χ1n) is 6.44. The minimum atomic E-state index is -1.06. The highest BCUT2D eigenvalue weighted by Gasteiger charge is 2.16. The molecular weight excluding hydrogens is 300 g/mol. The van der Waals surface area contributed by atoms with E-state index < -0.39 is 17.4 Å². The van der Waals surface area contributed by atoms with E-state index in [1.807, 2.05) is 6.07 Å². The van der Waals surface area contributed by atoms with Gasteiger partial charge in [0.1, 0.15) is 11.6 Å². The molecule has 0 fully saturated rings. The van der Waals surface area contributed by atoms with Crippen molar-refractivity contribution >= 4 is 17.3 Å². The number of aromatic nitrogens is 1. The summed E-state index contributed by atoms with van der Waals surface area (Å²) in [4.78, 5) is 22.9. The van der Waals surface area contributed by atoms with Gasteiger partial charge in [-0.15, -0.1) is 5.11 Å². The molecule has 0 amide bonds. The lowest BCUT2D eigenvalue weighted by atomic mass is 10.1. The zero-order valence-corrected chi connectivity index (χ0v) is 12.3. The van der Waals surface area contributed by atoms with E-state index in [1.54, 1.807) is 0 Å². The molecule has 0 spiro atoms. The van der Waals surface area contributed by atoms with E-state index in [0.29, 0.717) is 5.69 Å². The zero-order chi connectivity index (χ0) is 17.1. The first kappa shape index (κ1) is 15.9. The molecule has 0 aliphatic heterocycles. The first-order chi connectivity index (χ1) is 10.9. The summed E-state index contributed by atoms with van der Waals surface area (Å²) in [6, 6.07) is 7.42. The van der Waals surface area contributed by atoms with Crippen LogP contribution in [0.3, 0.4) is 0 Å². The van der Waals surface area contributed by atoms with Gasteiger partial charge in [0.2, 0.25) is 5.88 Å². The molecule has 1 aromatic carbocycles. The number of pyridine rings is 1. The van der Waals surface area contributed by atoms with Crippen molar-refractivity contribution in [3.8, 4) is 11.9 Å². The molecule has 0 atom stereocenters. The molecule has 0 saturated carbocycles. The van der Waals surface area contributed by atoms with Crippen molar-refractivity contribution < 1.29 is 15.0 Å². The van der Waals surface area contributed by atoms with Crippen LogP contribution in [0.5, 0.6) is 5.88 Å². The van der Waals surface area contributed by atoms with E-state index in [-0.39, 0.29) is 22.4 Å². The summed E-state index contributed by atoms with van der Waals surface area (Å²) in [7, 11) is 1.32. The fourth-order valence-corrected chi connectivity index (χ4v) is 1.90. The molecule has 1 aromatic heterocycles. The topological polar surface area (TPSA) is 128 Å². The number of aromatic carboxylic acids is 1. The van der Waals surface area contributed by atoms with Gasteiger partial charge in [0.25, 0.3) is 5.56 Å². The van der Waals surface area contributed by atoms with E-state index >= 15 is 0 Å². The van der Waals surface area contributed by atoms with Crippen LogP contribution in [0.4, 0.5) is 11.4 Å². The number of nitrogens with zero attached hydrogens (tertiary/aromatic N) is 4. The van der Waals surface area contributed by atoms with Gasteiger partial charge < -0.3 is 10.2 Å². The molecule has 0 bridgehead atoms. The van der Waals surface area contributed by atoms with Gasteiger partial charge in [0, 0.05) is 12.6 Å². The van der Waals surface area contributed by atoms with Crippen molar-refractivity contribution in [3.63, 3.8) is 0 Å². The second-order valence-electron chi connectivity index (χ2n) is 4.70. The Morgan fingerprint density at radius 1 is 1.26 bits per heavy atom. The van der Waals surface area contributed by atoms with Crippen LogP contribution >= 0.6 is 0 Å². The molecule has 8 heteroatoms. The van der Waals surface area contributed by atoms with Crippen LogP contribution in [-0.4, -0.2) is 20.7 Å². The number of nitriles is 1. The van der Waals surface area contributed by atoms with E-state index in [0.717, 1.165) is 4.57 Å². The fourth-order valence-electron chi connectivity index (χ4n) is 1.90. The van der Waals surface area contributed by atoms with Crippen molar-refractivity contribution in [1.29, 1.82) is 5.26 Å². The lowest BCUT2D eigenvalue weighted by Crippen LogP contribution is -2.18. The Balaban J connectivity index is 2.48. The third-order valence-corrected chi connectivity index (χ3v) is 3.27. The number of carboxylic acids is 1. The molecule has 2 rings (SSSR count). The number of hydrogen-bond donors (Lipinski definition) is 2. The van der Waals surface area contributed by atoms with E-state index in [9.17, 15) is 14.7 Å². The molecule has 0 aliphatic carbocycles. The summed E-state index contributed by atoms with van der Waals surface area (Å²) < 4.78 is 0.910. The van der Waals surface area contributed by atoms with Gasteiger partial charge in [-0.2, -0.15) is 10.4 Å². The zero-order valence-electron chi connectivity index (χ0n) is 12.3. The summed E-state index contributed by atoms with van der Waals surface area (Å²) in [5.41, 5.74) is -0.0363. The van der Waals surface area contributed by atoms with E-state index in [1.165, 1.54) is 38.2 Å². The minimum Gasteiger partial charge on any atom is -0.493 e. The summed E-state index contributed by atoms with van der Waals surface area (Å²) >= 11 is 0. The maximum Gasteiger partial charge on any atom is 0.335 e. The van der Waals surface area contributed by atoms with Crippen LogP contribution in [0, 0.1) is 18.3 Å². The number of benzene rings is 1. The Bertz CT molecular complexity index is 905. The summed E-state index contributed by atoms with van der Waals surface area (Å²) in [6.07, 6.45) is 0. The highest BCUT2D eigenvalue weighted by molar-refractivity contribution is 5.87. The van der Waals surface area contributed by atoms with Crippen molar-refractivity contribution in [2.24, 2.45) is 17.3 Å². The third-order valence-electron chi connectivity index (χ3n) is 3.27. The highest BCUT2D eigenvalue weighted by atomic mass is 16.4. The predicted octanol–water partition coefficient (Wildman–Crippen LogP) is 2.38. The maximum atomic E-state index is 12.1. The molecule has 116 valence electrons. The second kappa shape index (κ2) is 6.11. The van der Waals surface area contributed by atoms with Crippen LogP contribution in [0.1, 0.15) is 21.5 Å². The molecule has 0 unspecified atom stereocenters. The average molecular weight is 312 g/mol. The fraction of sp³-hybridized carbons (Fsp3) is 0.133. The van der Waals surface area contributed by atoms with E-state index in [4.69, 9.17) is 10.4 Å². The summed E-state index contributed by atoms with van der Waals surface area (Å²) in [5, 5.41) is 35.4. The number of azo groups is 1. The Morgan fingerprint density at radius 2 is 1.87 bits per heavy atom. The van der Waals surface area contributed by atoms with Gasteiger partial charge in [0.05, 0.1) is 11.3 Å². The molecular formula is C15H12N4O4. The van der Waals surface area contributed by atoms with Crippen LogP contribution in [-0.2, 0) is 7.05 Å². The average Bonchev–Trinajstić information content (AvgIpc) is 2.54. The molecule has 2 N–H and O–H groups in total. The van der Waals surface area contributed by atoms with Crippen LogP contribution < -0.4 is 5.56 Å². The third kappa shape index (κ3) is 2.94. The Hall–Kier alpha value is -3.47. The monoisotopic (exact) mass is 312 g/mol. The first-order valence-corrected chi connectivity index (χ1v) is 6.44. The lowest BCUT2D eigenvalue weighted by molar-refractivity contribution is 0.0697. The Kier molecular flexibility index (Phi) is 4.23. The van der Waals surface area contributed by atoms with Gasteiger partial charge in [-0.05, 0) is 31.2 Å². The number of hydrogen-bond acceptors (Lipinski definition) is 6. The molecule has 0 aliphatic rings. The van der Waals surface area contributed by atoms with Gasteiger partial charge in [0.15, 0.2) is 5.69 Å². The Labute approximate surface area is 130 Å². The summed E-state index contributed by atoms with van der Waals surface area (Å²) in [6.45, 7) is 1.49. The minimum absolute atomic E-state index is 0.0534. The molecule has 8 nitrogen and oxygen atoms in total. The highest BCUT2D eigenvalue weighted by Crippen LogP contribution is 2.26. The molecule has 0 saturated heterocycles. The number of rotatable bonds is 3. The van der Waals surface area contributed by atoms with E-state index in [2.05, 4.69) is 10.2 Å². The smallest absolute Gasteiger partial charge is 0.335 e. The standard InChI is InChI=1S/C15H12N4O4/c1-8-11(7-16)13(20)19(2)14(21)12(8)18-17-10-5-3-9(4-6-10)15(22)23/h3-6,20H,1-2H3,(H,22,23). The number of carboxylic acid groups (broad SMARTS) is 1. The van der Waals surface area contributed by atoms with Crippen molar-refractivity contribution in [3.05, 3.63) is 51.3 Å². The van der Waals surface area contributed by atoms with Crippen LogP contribution in [0.2, 0.25) is 0 Å². The van der Waals surface area contributed by atoms with Crippen molar-refractivity contribution in [1.82, 2.24) is 4.57 Å². The largest absolute Gasteiger partial charge is 0.493 e. The van der Waals surface area contributed by atoms with Crippen molar-refractivity contribution in [2.45, 2.75) is 6.92 Å².